The van der Waals surface area contributed by atoms with Gasteiger partial charge in [-0.3, -0.25) is 0 Å². The molecule has 5 atom stereocenters. The number of hydrogen-bond donors (Lipinski definition) is 5. The van der Waals surface area contributed by atoms with Crippen LogP contribution in [0.15, 0.2) is 30.3 Å². The molecule has 0 spiro atoms. The number of phenolic OH excluding ortho intramolecular Hbond substituents is 1. The molecular weight excluding hydrogens is 360 g/mol. The van der Waals surface area contributed by atoms with Gasteiger partial charge in [0.1, 0.15) is 36.3 Å². The number of hydrogen-bond acceptors (Lipinski definition) is 6. The van der Waals surface area contributed by atoms with Gasteiger partial charge in [-0.2, -0.15) is 0 Å². The molecule has 0 saturated carbocycles. The Morgan fingerprint density at radius 3 is 2.36 bits per heavy atom. The second-order valence-electron chi connectivity index (χ2n) is 7.81. The van der Waals surface area contributed by atoms with Crippen molar-refractivity contribution < 1.29 is 30.3 Å². The molecule has 5 N–H and O–H groups in total. The standard InChI is InChI=1S/C22H26O6/c1-11-14(8-12-2-3-13-4-5-15(13)9-12)6-7-16(24)18(11)22-21(27)20(26)19(25)17(10-23)28-22/h2-3,6-7,9,17,19-27H,4-5,8,10H2,1H3/t17-,19-,20+,21-,22+/m1/s1. The summed E-state index contributed by atoms with van der Waals surface area (Å²) >= 11 is 0. The van der Waals surface area contributed by atoms with E-state index in [9.17, 15) is 25.5 Å². The molecule has 150 valence electrons. The molecule has 4 rings (SSSR count). The molecular formula is C22H26O6. The Kier molecular flexibility index (Phi) is 5.16. The van der Waals surface area contributed by atoms with E-state index in [1.54, 1.807) is 6.07 Å². The van der Waals surface area contributed by atoms with Crippen LogP contribution in [0.1, 0.15) is 39.5 Å². The Morgan fingerprint density at radius 1 is 0.964 bits per heavy atom. The third-order valence-corrected chi connectivity index (χ3v) is 6.11. The molecule has 2 aliphatic rings. The molecule has 1 aliphatic carbocycles. The van der Waals surface area contributed by atoms with Crippen LogP contribution in [0, 0.1) is 6.92 Å². The molecule has 0 aromatic heterocycles. The number of benzene rings is 2. The van der Waals surface area contributed by atoms with Gasteiger partial charge in [0.25, 0.3) is 0 Å². The van der Waals surface area contributed by atoms with E-state index in [0.717, 1.165) is 24.0 Å². The maximum atomic E-state index is 10.5. The largest absolute Gasteiger partial charge is 0.508 e. The Hall–Kier alpha value is -1.96. The van der Waals surface area contributed by atoms with Gasteiger partial charge in [-0.05, 0) is 60.1 Å². The van der Waals surface area contributed by atoms with Gasteiger partial charge < -0.3 is 30.3 Å². The summed E-state index contributed by atoms with van der Waals surface area (Å²) in [4.78, 5) is 0. The summed E-state index contributed by atoms with van der Waals surface area (Å²) in [6.45, 7) is 1.34. The number of rotatable bonds is 4. The van der Waals surface area contributed by atoms with Crippen LogP contribution >= 0.6 is 0 Å². The van der Waals surface area contributed by atoms with Crippen molar-refractivity contribution >= 4 is 0 Å². The van der Waals surface area contributed by atoms with Crippen molar-refractivity contribution in [1.29, 1.82) is 0 Å². The Labute approximate surface area is 163 Å². The van der Waals surface area contributed by atoms with Crippen molar-refractivity contribution in [2.24, 2.45) is 0 Å². The Bertz CT molecular complexity index is 878. The summed E-state index contributed by atoms with van der Waals surface area (Å²) < 4.78 is 5.66. The molecule has 0 amide bonds. The quantitative estimate of drug-likeness (QED) is 0.534. The van der Waals surface area contributed by atoms with Crippen molar-refractivity contribution in [2.45, 2.75) is 56.7 Å². The van der Waals surface area contributed by atoms with Gasteiger partial charge in [0.2, 0.25) is 0 Å². The van der Waals surface area contributed by atoms with Gasteiger partial charge in [0, 0.05) is 5.56 Å². The lowest BCUT2D eigenvalue weighted by Crippen LogP contribution is -2.55. The van der Waals surface area contributed by atoms with Crippen LogP contribution in [0.25, 0.3) is 0 Å². The van der Waals surface area contributed by atoms with E-state index < -0.39 is 37.1 Å². The predicted molar refractivity (Wildman–Crippen MR) is 102 cm³/mol. The van der Waals surface area contributed by atoms with Crippen LogP contribution in [0.3, 0.4) is 0 Å². The van der Waals surface area contributed by atoms with E-state index in [1.165, 1.54) is 16.7 Å². The van der Waals surface area contributed by atoms with E-state index in [4.69, 9.17) is 4.74 Å². The molecule has 1 heterocycles. The zero-order valence-electron chi connectivity index (χ0n) is 15.7. The average molecular weight is 386 g/mol. The van der Waals surface area contributed by atoms with Crippen LogP contribution < -0.4 is 0 Å². The summed E-state index contributed by atoms with van der Waals surface area (Å²) in [7, 11) is 0. The monoisotopic (exact) mass is 386 g/mol. The zero-order chi connectivity index (χ0) is 20.0. The molecule has 0 unspecified atom stereocenters. The normalized spacial score (nSPS) is 29.2. The van der Waals surface area contributed by atoms with Gasteiger partial charge in [-0.1, -0.05) is 24.3 Å². The topological polar surface area (TPSA) is 110 Å². The molecule has 1 saturated heterocycles. The maximum Gasteiger partial charge on any atom is 0.121 e. The fourth-order valence-electron chi connectivity index (χ4n) is 4.23. The van der Waals surface area contributed by atoms with Crippen molar-refractivity contribution in [3.05, 3.63) is 63.7 Å². The number of ether oxygens (including phenoxy) is 1. The maximum absolute atomic E-state index is 10.5. The molecule has 1 fully saturated rings. The summed E-state index contributed by atoms with van der Waals surface area (Å²) in [6, 6.07) is 9.87. The first-order chi connectivity index (χ1) is 13.4. The molecule has 0 radical (unpaired) electrons. The summed E-state index contributed by atoms with van der Waals surface area (Å²) in [6.07, 6.45) is -3.48. The fraction of sp³-hybridized carbons (Fsp3) is 0.455. The van der Waals surface area contributed by atoms with Gasteiger partial charge in [-0.25, -0.2) is 0 Å². The summed E-state index contributed by atoms with van der Waals surface area (Å²) in [5, 5.41) is 50.5. The minimum absolute atomic E-state index is 0.0530. The van der Waals surface area contributed by atoms with Crippen molar-refractivity contribution in [3.63, 3.8) is 0 Å². The van der Waals surface area contributed by atoms with Gasteiger partial charge in [-0.15, -0.1) is 0 Å². The molecule has 2 aromatic carbocycles. The number of phenols is 1. The molecule has 6 heteroatoms. The van der Waals surface area contributed by atoms with Gasteiger partial charge in [0.05, 0.1) is 6.61 Å². The van der Waals surface area contributed by atoms with E-state index in [2.05, 4.69) is 18.2 Å². The molecule has 0 bridgehead atoms. The van der Waals surface area contributed by atoms with E-state index in [1.807, 2.05) is 13.0 Å². The minimum atomic E-state index is -1.48. The first-order valence-corrected chi connectivity index (χ1v) is 9.63. The average Bonchev–Trinajstić information content (AvgIpc) is 2.66. The predicted octanol–water partition coefficient (Wildman–Crippen LogP) is 0.905. The van der Waals surface area contributed by atoms with Crippen LogP contribution in [-0.2, 0) is 24.0 Å². The third-order valence-electron chi connectivity index (χ3n) is 6.11. The smallest absolute Gasteiger partial charge is 0.121 e. The van der Waals surface area contributed by atoms with Crippen LogP contribution in [0.4, 0.5) is 0 Å². The van der Waals surface area contributed by atoms with Crippen LogP contribution in [-0.4, -0.2) is 56.6 Å². The molecule has 2 aromatic rings. The third kappa shape index (κ3) is 3.21. The van der Waals surface area contributed by atoms with E-state index >= 15 is 0 Å². The first-order valence-electron chi connectivity index (χ1n) is 9.63. The highest BCUT2D eigenvalue weighted by Crippen LogP contribution is 2.40. The Morgan fingerprint density at radius 2 is 1.71 bits per heavy atom. The Balaban J connectivity index is 1.67. The zero-order valence-corrected chi connectivity index (χ0v) is 15.7. The molecule has 6 nitrogen and oxygen atoms in total. The minimum Gasteiger partial charge on any atom is -0.508 e. The number of aromatic hydroxyl groups is 1. The van der Waals surface area contributed by atoms with Crippen molar-refractivity contribution in [2.75, 3.05) is 6.61 Å². The van der Waals surface area contributed by atoms with Crippen LogP contribution in [0.2, 0.25) is 0 Å². The fourth-order valence-corrected chi connectivity index (χ4v) is 4.23. The number of aliphatic hydroxyl groups is 4. The van der Waals surface area contributed by atoms with Crippen molar-refractivity contribution in [1.82, 2.24) is 0 Å². The summed E-state index contributed by atoms with van der Waals surface area (Å²) in [5.41, 5.74) is 6.05. The second kappa shape index (κ2) is 7.46. The highest BCUT2D eigenvalue weighted by Gasteiger charge is 2.45. The second-order valence-corrected chi connectivity index (χ2v) is 7.81. The van der Waals surface area contributed by atoms with Crippen LogP contribution in [0.5, 0.6) is 5.75 Å². The lowest BCUT2D eigenvalue weighted by Gasteiger charge is -2.41. The lowest BCUT2D eigenvalue weighted by molar-refractivity contribution is -0.232. The van der Waals surface area contributed by atoms with E-state index in [0.29, 0.717) is 12.0 Å². The first kappa shape index (κ1) is 19.4. The molecule has 1 aliphatic heterocycles. The number of fused-ring (bicyclic) bond motifs is 1. The SMILES string of the molecule is Cc1c(Cc2ccc3c(c2)CC3)ccc(O)c1[C@@H]1O[C@H](CO)[C@@H](O)[C@H](O)[C@H]1O. The van der Waals surface area contributed by atoms with Gasteiger partial charge in [0.15, 0.2) is 0 Å². The highest BCUT2D eigenvalue weighted by molar-refractivity contribution is 5.48. The summed E-state index contributed by atoms with van der Waals surface area (Å²) in [5.74, 6) is -0.0530. The number of aryl methyl sites for hydroxylation is 2. The highest BCUT2D eigenvalue weighted by atomic mass is 16.5. The van der Waals surface area contributed by atoms with Gasteiger partial charge >= 0.3 is 0 Å². The van der Waals surface area contributed by atoms with E-state index in [-0.39, 0.29) is 5.75 Å². The molecule has 28 heavy (non-hydrogen) atoms. The lowest BCUT2D eigenvalue weighted by atomic mass is 9.84. The van der Waals surface area contributed by atoms with Crippen molar-refractivity contribution in [3.8, 4) is 5.75 Å². The number of aliphatic hydroxyl groups excluding tert-OH is 4.